The fourth-order valence-electron chi connectivity index (χ4n) is 2.01. The number of carbonyl (C=O) groups excluding carboxylic acids is 1. The number of carbonyl (C=O) groups is 1. The van der Waals surface area contributed by atoms with Crippen molar-refractivity contribution >= 4 is 43.5 Å². The lowest BCUT2D eigenvalue weighted by atomic mass is 10.2. The van der Waals surface area contributed by atoms with Gasteiger partial charge in [0, 0.05) is 10.2 Å². The number of ether oxygens (including phenoxy) is 2. The zero-order valence-electron chi connectivity index (χ0n) is 12.9. The molecule has 4 nitrogen and oxygen atoms in total. The molecule has 0 spiro atoms. The van der Waals surface area contributed by atoms with Gasteiger partial charge in [-0.25, -0.2) is 0 Å². The number of benzene rings is 2. The number of aryl methyl sites for hydroxylation is 1. The highest BCUT2D eigenvalue weighted by atomic mass is 79.9. The summed E-state index contributed by atoms with van der Waals surface area (Å²) in [5, 5.41) is 2.79. The van der Waals surface area contributed by atoms with Gasteiger partial charge < -0.3 is 14.8 Å². The second-order valence-corrected chi connectivity index (χ2v) is 6.60. The molecule has 0 atom stereocenters. The number of anilines is 1. The molecule has 0 aliphatic heterocycles. The molecular formula is C17H17Br2NO3. The normalized spacial score (nSPS) is 10.3. The van der Waals surface area contributed by atoms with Gasteiger partial charge in [-0.1, -0.05) is 15.9 Å². The van der Waals surface area contributed by atoms with Crippen molar-refractivity contribution in [3.63, 3.8) is 0 Å². The molecule has 122 valence electrons. The number of amides is 1. The summed E-state index contributed by atoms with van der Waals surface area (Å²) in [6.07, 6.45) is 0. The molecular weight excluding hydrogens is 426 g/mol. The van der Waals surface area contributed by atoms with E-state index in [1.54, 1.807) is 12.1 Å². The Kier molecular flexibility index (Phi) is 6.47. The van der Waals surface area contributed by atoms with Crippen LogP contribution < -0.4 is 14.8 Å². The minimum atomic E-state index is -0.219. The summed E-state index contributed by atoms with van der Waals surface area (Å²) in [5.41, 5.74) is 1.65. The van der Waals surface area contributed by atoms with E-state index in [1.807, 2.05) is 38.1 Å². The molecule has 0 radical (unpaired) electrons. The summed E-state index contributed by atoms with van der Waals surface area (Å²) in [7, 11) is 0. The summed E-state index contributed by atoms with van der Waals surface area (Å²) in [6.45, 7) is 4.40. The molecule has 0 fully saturated rings. The first-order valence-corrected chi connectivity index (χ1v) is 8.69. The Labute approximate surface area is 152 Å². The second kappa shape index (κ2) is 8.36. The highest BCUT2D eigenvalue weighted by Gasteiger charge is 2.10. The maximum atomic E-state index is 12.0. The molecule has 0 saturated heterocycles. The minimum Gasteiger partial charge on any atom is -0.494 e. The topological polar surface area (TPSA) is 47.6 Å². The van der Waals surface area contributed by atoms with Gasteiger partial charge in [0.15, 0.2) is 6.61 Å². The average Bonchev–Trinajstić information content (AvgIpc) is 2.48. The third-order valence-electron chi connectivity index (χ3n) is 2.99. The van der Waals surface area contributed by atoms with Crippen molar-refractivity contribution in [1.82, 2.24) is 0 Å². The molecule has 0 aliphatic carbocycles. The van der Waals surface area contributed by atoms with Crippen LogP contribution in [0.5, 0.6) is 11.5 Å². The standard InChI is InChI=1S/C17H17Br2NO3/c1-3-22-14-6-4-13(5-7-14)20-16(21)10-23-17-11(2)8-12(18)9-15(17)19/h4-9H,3,10H2,1-2H3,(H,20,21). The predicted molar refractivity (Wildman–Crippen MR) is 98.3 cm³/mol. The molecule has 1 N–H and O–H groups in total. The summed E-state index contributed by atoms with van der Waals surface area (Å²) in [5.74, 6) is 1.22. The van der Waals surface area contributed by atoms with E-state index in [0.29, 0.717) is 18.0 Å². The van der Waals surface area contributed by atoms with Crippen molar-refractivity contribution in [1.29, 1.82) is 0 Å². The van der Waals surface area contributed by atoms with Crippen LogP contribution in [0.4, 0.5) is 5.69 Å². The van der Waals surface area contributed by atoms with Gasteiger partial charge in [-0.15, -0.1) is 0 Å². The lowest BCUT2D eigenvalue weighted by Gasteiger charge is -2.12. The fraction of sp³-hybridized carbons (Fsp3) is 0.235. The Hall–Kier alpha value is -1.53. The lowest BCUT2D eigenvalue weighted by Crippen LogP contribution is -2.20. The molecule has 1 amide bonds. The molecule has 0 bridgehead atoms. The Morgan fingerprint density at radius 2 is 1.83 bits per heavy atom. The lowest BCUT2D eigenvalue weighted by molar-refractivity contribution is -0.118. The van der Waals surface area contributed by atoms with Crippen LogP contribution in [-0.4, -0.2) is 19.1 Å². The minimum absolute atomic E-state index is 0.0612. The highest BCUT2D eigenvalue weighted by molar-refractivity contribution is 9.11. The van der Waals surface area contributed by atoms with E-state index in [0.717, 1.165) is 20.3 Å². The number of hydrogen-bond acceptors (Lipinski definition) is 3. The Bertz CT molecular complexity index is 664. The van der Waals surface area contributed by atoms with Gasteiger partial charge in [0.25, 0.3) is 5.91 Å². The van der Waals surface area contributed by atoms with Crippen LogP contribution in [0.15, 0.2) is 45.3 Å². The number of nitrogens with one attached hydrogen (secondary N) is 1. The quantitative estimate of drug-likeness (QED) is 0.689. The van der Waals surface area contributed by atoms with Gasteiger partial charge >= 0.3 is 0 Å². The molecule has 0 aliphatic rings. The third kappa shape index (κ3) is 5.25. The maximum absolute atomic E-state index is 12.0. The van der Waals surface area contributed by atoms with Crippen molar-refractivity contribution in [2.24, 2.45) is 0 Å². The van der Waals surface area contributed by atoms with E-state index in [9.17, 15) is 4.79 Å². The molecule has 2 aromatic rings. The van der Waals surface area contributed by atoms with Crippen LogP contribution in [-0.2, 0) is 4.79 Å². The SMILES string of the molecule is CCOc1ccc(NC(=O)COc2c(C)cc(Br)cc2Br)cc1. The molecule has 0 unspecified atom stereocenters. The van der Waals surface area contributed by atoms with Crippen LogP contribution in [0, 0.1) is 6.92 Å². The average molecular weight is 443 g/mol. The first-order valence-electron chi connectivity index (χ1n) is 7.10. The fourth-order valence-corrected chi connectivity index (χ4v) is 3.56. The number of hydrogen-bond donors (Lipinski definition) is 1. The van der Waals surface area contributed by atoms with Gasteiger partial charge in [0.05, 0.1) is 11.1 Å². The van der Waals surface area contributed by atoms with E-state index in [1.165, 1.54) is 0 Å². The van der Waals surface area contributed by atoms with Crippen LogP contribution in [0.25, 0.3) is 0 Å². The second-order valence-electron chi connectivity index (χ2n) is 4.83. The van der Waals surface area contributed by atoms with Crippen molar-refractivity contribution in [3.8, 4) is 11.5 Å². The van der Waals surface area contributed by atoms with Gasteiger partial charge in [-0.2, -0.15) is 0 Å². The molecule has 0 heterocycles. The van der Waals surface area contributed by atoms with E-state index in [4.69, 9.17) is 9.47 Å². The monoisotopic (exact) mass is 441 g/mol. The van der Waals surface area contributed by atoms with E-state index < -0.39 is 0 Å². The van der Waals surface area contributed by atoms with Crippen LogP contribution in [0.3, 0.4) is 0 Å². The number of rotatable bonds is 6. The smallest absolute Gasteiger partial charge is 0.262 e. The third-order valence-corrected chi connectivity index (χ3v) is 4.04. The molecule has 0 aromatic heterocycles. The molecule has 2 rings (SSSR count). The van der Waals surface area contributed by atoms with Crippen LogP contribution in [0.1, 0.15) is 12.5 Å². The van der Waals surface area contributed by atoms with E-state index in [2.05, 4.69) is 37.2 Å². The molecule has 23 heavy (non-hydrogen) atoms. The zero-order valence-corrected chi connectivity index (χ0v) is 16.0. The Balaban J connectivity index is 1.93. The van der Waals surface area contributed by atoms with Crippen molar-refractivity contribution in [3.05, 3.63) is 50.9 Å². The Morgan fingerprint density at radius 1 is 1.13 bits per heavy atom. The maximum Gasteiger partial charge on any atom is 0.262 e. The Morgan fingerprint density at radius 3 is 2.43 bits per heavy atom. The highest BCUT2D eigenvalue weighted by Crippen LogP contribution is 2.32. The van der Waals surface area contributed by atoms with Crippen molar-refractivity contribution in [2.75, 3.05) is 18.5 Å². The molecule has 6 heteroatoms. The zero-order chi connectivity index (χ0) is 16.8. The first kappa shape index (κ1) is 17.8. The first-order chi connectivity index (χ1) is 11.0. The molecule has 2 aromatic carbocycles. The van der Waals surface area contributed by atoms with Gasteiger partial charge in [-0.3, -0.25) is 4.79 Å². The van der Waals surface area contributed by atoms with Gasteiger partial charge in [0.2, 0.25) is 0 Å². The van der Waals surface area contributed by atoms with E-state index >= 15 is 0 Å². The van der Waals surface area contributed by atoms with Crippen LogP contribution >= 0.6 is 31.9 Å². The number of halogens is 2. The van der Waals surface area contributed by atoms with Gasteiger partial charge in [0.1, 0.15) is 11.5 Å². The predicted octanol–water partition coefficient (Wildman–Crippen LogP) is 4.94. The van der Waals surface area contributed by atoms with Crippen molar-refractivity contribution < 1.29 is 14.3 Å². The largest absolute Gasteiger partial charge is 0.494 e. The van der Waals surface area contributed by atoms with Crippen LogP contribution in [0.2, 0.25) is 0 Å². The van der Waals surface area contributed by atoms with Crippen molar-refractivity contribution in [2.45, 2.75) is 13.8 Å². The summed E-state index contributed by atoms with van der Waals surface area (Å²) < 4.78 is 12.7. The molecule has 0 saturated carbocycles. The summed E-state index contributed by atoms with van der Waals surface area (Å²) >= 11 is 6.85. The van der Waals surface area contributed by atoms with Gasteiger partial charge in [-0.05, 0) is 71.7 Å². The summed E-state index contributed by atoms with van der Waals surface area (Å²) in [6, 6.07) is 11.0. The summed E-state index contributed by atoms with van der Waals surface area (Å²) in [4.78, 5) is 12.0. The van der Waals surface area contributed by atoms with E-state index in [-0.39, 0.29) is 12.5 Å².